The number of benzene rings is 1. The first-order valence-corrected chi connectivity index (χ1v) is 10.5. The fourth-order valence-corrected chi connectivity index (χ4v) is 4.24. The van der Waals surface area contributed by atoms with Crippen LogP contribution in [0.2, 0.25) is 0 Å². The summed E-state index contributed by atoms with van der Waals surface area (Å²) < 4.78 is 43.7. The number of nitro benzene ring substituents is 1. The van der Waals surface area contributed by atoms with Crippen molar-refractivity contribution in [2.24, 2.45) is 0 Å². The number of esters is 1. The van der Waals surface area contributed by atoms with Gasteiger partial charge in [0.2, 0.25) is 0 Å². The smallest absolute Gasteiger partial charge is 0.416 e. The van der Waals surface area contributed by atoms with Crippen molar-refractivity contribution in [3.63, 3.8) is 0 Å². The summed E-state index contributed by atoms with van der Waals surface area (Å²) in [5, 5.41) is 11.4. The van der Waals surface area contributed by atoms with Crippen LogP contribution in [0, 0.1) is 24.0 Å². The Labute approximate surface area is 193 Å². The molecule has 0 amide bonds. The zero-order valence-corrected chi connectivity index (χ0v) is 19.2. The number of anilines is 1. The van der Waals surface area contributed by atoms with E-state index in [0.29, 0.717) is 54.8 Å². The number of hydrogen-bond acceptors (Lipinski definition) is 7. The molecule has 1 unspecified atom stereocenters. The lowest BCUT2D eigenvalue weighted by Gasteiger charge is -2.38. The van der Waals surface area contributed by atoms with Crippen molar-refractivity contribution >= 4 is 23.1 Å². The quantitative estimate of drug-likeness (QED) is 0.289. The van der Waals surface area contributed by atoms with Gasteiger partial charge in [0.1, 0.15) is 5.69 Å². The van der Waals surface area contributed by atoms with Crippen molar-refractivity contribution in [3.8, 4) is 0 Å². The summed E-state index contributed by atoms with van der Waals surface area (Å²) in [6.45, 7) is 6.39. The van der Waals surface area contributed by atoms with Gasteiger partial charge in [-0.15, -0.1) is 0 Å². The molecule has 0 aliphatic carbocycles. The number of aromatic amines is 1. The van der Waals surface area contributed by atoms with Gasteiger partial charge < -0.3 is 14.6 Å². The Bertz CT molecular complexity index is 1120. The molecule has 34 heavy (non-hydrogen) atoms. The number of Topliss-reactive ketones (excluding diaryl/α,β-unsaturated/α-hetero) is 1. The summed E-state index contributed by atoms with van der Waals surface area (Å²) >= 11 is 0. The van der Waals surface area contributed by atoms with Crippen molar-refractivity contribution in [2.45, 2.75) is 33.0 Å². The summed E-state index contributed by atoms with van der Waals surface area (Å²) in [6, 6.07) is 1.94. The van der Waals surface area contributed by atoms with Gasteiger partial charge >= 0.3 is 12.1 Å². The third-order valence-electron chi connectivity index (χ3n) is 6.15. The Kier molecular flexibility index (Phi) is 7.01. The molecule has 9 nitrogen and oxygen atoms in total. The van der Waals surface area contributed by atoms with E-state index in [9.17, 15) is 32.9 Å². The standard InChI is InChI=1S/C22H25F3N4O5/c1-12-18(21(31)34-4)13(2)26-19(12)20(30)14(3)27-7-9-28(10-8-27)16-6-5-15(22(23,24)25)11-17(16)29(32)33/h5-6,11,14,26H,7-10H2,1-4H3. The van der Waals surface area contributed by atoms with Crippen LogP contribution < -0.4 is 4.90 Å². The van der Waals surface area contributed by atoms with Crippen LogP contribution in [-0.2, 0) is 10.9 Å². The van der Waals surface area contributed by atoms with Gasteiger partial charge in [0, 0.05) is 37.9 Å². The number of aromatic nitrogens is 1. The van der Waals surface area contributed by atoms with Gasteiger partial charge in [0.15, 0.2) is 5.78 Å². The largest absolute Gasteiger partial charge is 0.465 e. The van der Waals surface area contributed by atoms with Gasteiger partial charge in [-0.1, -0.05) is 0 Å². The number of aryl methyl sites for hydroxylation is 1. The molecule has 1 aromatic carbocycles. The van der Waals surface area contributed by atoms with E-state index in [1.807, 2.05) is 4.90 Å². The van der Waals surface area contributed by atoms with Crippen molar-refractivity contribution in [3.05, 3.63) is 56.4 Å². The molecule has 1 fully saturated rings. The Morgan fingerprint density at radius 3 is 2.32 bits per heavy atom. The van der Waals surface area contributed by atoms with Crippen molar-refractivity contribution in [1.82, 2.24) is 9.88 Å². The lowest BCUT2D eigenvalue weighted by atomic mass is 10.0. The minimum absolute atomic E-state index is 0.107. The maximum absolute atomic E-state index is 13.1. The average molecular weight is 482 g/mol. The van der Waals surface area contributed by atoms with Gasteiger partial charge in [0.25, 0.3) is 5.69 Å². The first-order chi connectivity index (χ1) is 15.9. The molecular formula is C22H25F3N4O5. The number of piperazine rings is 1. The second-order valence-corrected chi connectivity index (χ2v) is 8.14. The molecule has 1 aliphatic rings. The number of ketones is 1. The van der Waals surface area contributed by atoms with Crippen LogP contribution in [0.1, 0.15) is 44.6 Å². The molecule has 0 spiro atoms. The molecule has 184 valence electrons. The molecule has 1 aromatic heterocycles. The highest BCUT2D eigenvalue weighted by Gasteiger charge is 2.35. The van der Waals surface area contributed by atoms with Crippen LogP contribution in [0.15, 0.2) is 18.2 Å². The van der Waals surface area contributed by atoms with Crippen LogP contribution in [-0.4, -0.2) is 65.9 Å². The first kappa shape index (κ1) is 25.2. The molecule has 1 aliphatic heterocycles. The van der Waals surface area contributed by atoms with Crippen molar-refractivity contribution < 1.29 is 32.4 Å². The number of hydrogen-bond donors (Lipinski definition) is 1. The number of halogens is 3. The highest BCUT2D eigenvalue weighted by molar-refractivity contribution is 6.03. The Balaban J connectivity index is 1.75. The van der Waals surface area contributed by atoms with E-state index in [1.165, 1.54) is 7.11 Å². The summed E-state index contributed by atoms with van der Waals surface area (Å²) in [5.41, 5.74) is 0.0717. The highest BCUT2D eigenvalue weighted by atomic mass is 19.4. The number of alkyl halides is 3. The number of carbonyl (C=O) groups is 2. The number of H-pyrrole nitrogens is 1. The number of nitrogens with zero attached hydrogens (tertiary/aromatic N) is 3. The molecule has 1 atom stereocenters. The monoisotopic (exact) mass is 482 g/mol. The summed E-state index contributed by atoms with van der Waals surface area (Å²) in [6.07, 6.45) is -4.68. The summed E-state index contributed by atoms with van der Waals surface area (Å²) in [4.78, 5) is 42.2. The maximum atomic E-state index is 13.1. The molecule has 2 aromatic rings. The van der Waals surface area contributed by atoms with Crippen LogP contribution in [0.3, 0.4) is 0 Å². The number of ether oxygens (including phenoxy) is 1. The zero-order valence-electron chi connectivity index (χ0n) is 19.2. The summed E-state index contributed by atoms with van der Waals surface area (Å²) in [7, 11) is 1.26. The molecule has 0 radical (unpaired) electrons. The van der Waals surface area contributed by atoms with Crippen LogP contribution in [0.25, 0.3) is 0 Å². The van der Waals surface area contributed by atoms with Crippen LogP contribution >= 0.6 is 0 Å². The third kappa shape index (κ3) is 4.76. The predicted molar refractivity (Wildman–Crippen MR) is 117 cm³/mol. The number of nitrogens with one attached hydrogen (secondary N) is 1. The molecule has 1 N–H and O–H groups in total. The minimum Gasteiger partial charge on any atom is -0.465 e. The third-order valence-corrected chi connectivity index (χ3v) is 6.15. The number of methoxy groups -OCH3 is 1. The lowest BCUT2D eigenvalue weighted by molar-refractivity contribution is -0.384. The number of rotatable bonds is 6. The van der Waals surface area contributed by atoms with Crippen molar-refractivity contribution in [2.75, 3.05) is 38.2 Å². The van der Waals surface area contributed by atoms with E-state index in [0.717, 1.165) is 12.1 Å². The van der Waals surface area contributed by atoms with E-state index >= 15 is 0 Å². The SMILES string of the molecule is COC(=O)c1c(C)[nH]c(C(=O)C(C)N2CCN(c3ccc(C(F)(F)F)cc3[N+](=O)[O-])CC2)c1C. The normalized spacial score (nSPS) is 15.8. The molecule has 1 saturated heterocycles. The van der Waals surface area contributed by atoms with Crippen molar-refractivity contribution in [1.29, 1.82) is 0 Å². The van der Waals surface area contributed by atoms with Gasteiger partial charge in [0.05, 0.1) is 34.9 Å². The van der Waals surface area contributed by atoms with Gasteiger partial charge in [-0.25, -0.2) is 4.79 Å². The van der Waals surface area contributed by atoms with Crippen LogP contribution in [0.5, 0.6) is 0 Å². The van der Waals surface area contributed by atoms with E-state index in [4.69, 9.17) is 4.74 Å². The number of carbonyl (C=O) groups excluding carboxylic acids is 2. The Morgan fingerprint density at radius 2 is 1.79 bits per heavy atom. The predicted octanol–water partition coefficient (Wildman–Crippen LogP) is 3.74. The molecule has 0 bridgehead atoms. The van der Waals surface area contributed by atoms with E-state index in [-0.39, 0.29) is 11.5 Å². The van der Waals surface area contributed by atoms with E-state index < -0.39 is 34.4 Å². The maximum Gasteiger partial charge on any atom is 0.416 e. The molecule has 2 heterocycles. The second-order valence-electron chi connectivity index (χ2n) is 8.14. The fraction of sp³-hybridized carbons (Fsp3) is 0.455. The Hall–Kier alpha value is -3.41. The van der Waals surface area contributed by atoms with E-state index in [1.54, 1.807) is 25.7 Å². The Morgan fingerprint density at radius 1 is 1.18 bits per heavy atom. The summed E-state index contributed by atoms with van der Waals surface area (Å²) in [5.74, 6) is -0.755. The topological polar surface area (TPSA) is 109 Å². The molecule has 0 saturated carbocycles. The van der Waals surface area contributed by atoms with Crippen LogP contribution in [0.4, 0.5) is 24.5 Å². The minimum atomic E-state index is -4.68. The zero-order chi connectivity index (χ0) is 25.4. The lowest BCUT2D eigenvalue weighted by Crippen LogP contribution is -2.52. The second kappa shape index (κ2) is 9.45. The highest BCUT2D eigenvalue weighted by Crippen LogP contribution is 2.37. The van der Waals surface area contributed by atoms with Gasteiger partial charge in [-0.05, 0) is 38.5 Å². The molecule has 3 rings (SSSR count). The molecular weight excluding hydrogens is 457 g/mol. The molecule has 12 heteroatoms. The average Bonchev–Trinajstić information content (AvgIpc) is 3.10. The van der Waals surface area contributed by atoms with E-state index in [2.05, 4.69) is 4.98 Å². The van der Waals surface area contributed by atoms with Gasteiger partial charge in [-0.2, -0.15) is 13.2 Å². The first-order valence-electron chi connectivity index (χ1n) is 10.5. The van der Waals surface area contributed by atoms with Gasteiger partial charge in [-0.3, -0.25) is 19.8 Å². The number of nitro groups is 1. The fourth-order valence-electron chi connectivity index (χ4n) is 4.24.